The molecule has 1 saturated heterocycles. The normalized spacial score (nSPS) is 14.7. The van der Waals surface area contributed by atoms with Crippen LogP contribution < -0.4 is 10.2 Å². The van der Waals surface area contributed by atoms with Crippen LogP contribution >= 0.6 is 0 Å². The van der Waals surface area contributed by atoms with E-state index in [-0.39, 0.29) is 36.0 Å². The lowest BCUT2D eigenvalue weighted by molar-refractivity contribution is 0.0945. The number of aromatic nitrogens is 2. The molecule has 2 heterocycles. The van der Waals surface area contributed by atoms with E-state index < -0.39 is 21.7 Å². The number of halogens is 2. The Bertz CT molecular complexity index is 1280. The van der Waals surface area contributed by atoms with Crippen LogP contribution in [0.4, 0.5) is 14.6 Å². The summed E-state index contributed by atoms with van der Waals surface area (Å²) in [6.45, 7) is 3.02. The maximum Gasteiger partial charge on any atom is 0.272 e. The second kappa shape index (κ2) is 9.82. The Labute approximate surface area is 196 Å². The Hall–Kier alpha value is -3.44. The molecule has 1 aliphatic rings. The molecular formula is C23H23F2N5O3S. The second-order valence-electron chi connectivity index (χ2n) is 7.89. The van der Waals surface area contributed by atoms with Crippen LogP contribution in [0.5, 0.6) is 0 Å². The number of hydrogen-bond acceptors (Lipinski definition) is 6. The predicted molar refractivity (Wildman–Crippen MR) is 122 cm³/mol. The first-order chi connectivity index (χ1) is 16.2. The van der Waals surface area contributed by atoms with Gasteiger partial charge in [-0.05, 0) is 54.4 Å². The molecule has 0 radical (unpaired) electrons. The molecule has 0 unspecified atom stereocenters. The molecule has 3 aromatic rings. The third kappa shape index (κ3) is 5.20. The lowest BCUT2D eigenvalue weighted by Crippen LogP contribution is -2.49. The van der Waals surface area contributed by atoms with Gasteiger partial charge in [-0.2, -0.15) is 4.31 Å². The van der Waals surface area contributed by atoms with Crippen molar-refractivity contribution in [2.45, 2.75) is 18.4 Å². The molecule has 8 nitrogen and oxygen atoms in total. The van der Waals surface area contributed by atoms with Gasteiger partial charge in [0.25, 0.3) is 5.91 Å². The van der Waals surface area contributed by atoms with Crippen LogP contribution in [0.2, 0.25) is 0 Å². The van der Waals surface area contributed by atoms with Gasteiger partial charge in [0.05, 0.1) is 4.90 Å². The predicted octanol–water partition coefficient (Wildman–Crippen LogP) is 2.50. The summed E-state index contributed by atoms with van der Waals surface area (Å²) in [4.78, 5) is 14.2. The number of nitrogens with one attached hydrogen (secondary N) is 1. The minimum Gasteiger partial charge on any atom is -0.352 e. The molecule has 4 rings (SSSR count). The van der Waals surface area contributed by atoms with Crippen molar-refractivity contribution in [3.63, 3.8) is 0 Å². The van der Waals surface area contributed by atoms with Crippen molar-refractivity contribution in [3.05, 3.63) is 83.1 Å². The molecule has 1 fully saturated rings. The Kier molecular flexibility index (Phi) is 6.85. The number of nitrogens with zero attached hydrogens (tertiary/aromatic N) is 4. The number of rotatable bonds is 6. The lowest BCUT2D eigenvalue weighted by atomic mass is 10.2. The summed E-state index contributed by atoms with van der Waals surface area (Å²) in [5, 5.41) is 10.8. The molecule has 34 heavy (non-hydrogen) atoms. The Balaban J connectivity index is 1.35. The lowest BCUT2D eigenvalue weighted by Gasteiger charge is -2.34. The van der Waals surface area contributed by atoms with Crippen LogP contribution in [-0.2, 0) is 16.6 Å². The van der Waals surface area contributed by atoms with Crippen LogP contribution in [0, 0.1) is 18.6 Å². The van der Waals surface area contributed by atoms with Gasteiger partial charge in [0, 0.05) is 32.7 Å². The van der Waals surface area contributed by atoms with E-state index in [9.17, 15) is 22.0 Å². The van der Waals surface area contributed by atoms with Gasteiger partial charge in [-0.3, -0.25) is 4.79 Å². The number of sulfonamides is 1. The zero-order valence-electron chi connectivity index (χ0n) is 18.4. The minimum atomic E-state index is -3.81. The van der Waals surface area contributed by atoms with Crippen molar-refractivity contribution < 1.29 is 22.0 Å². The molecule has 0 spiro atoms. The number of piperazine rings is 1. The van der Waals surface area contributed by atoms with E-state index >= 15 is 0 Å². The molecule has 1 aromatic heterocycles. The molecule has 0 bridgehead atoms. The fraction of sp³-hybridized carbons (Fsp3) is 0.261. The number of benzene rings is 2. The molecular weight excluding hydrogens is 464 g/mol. The van der Waals surface area contributed by atoms with Gasteiger partial charge in [-0.25, -0.2) is 17.2 Å². The van der Waals surface area contributed by atoms with Crippen LogP contribution in [0.1, 0.15) is 21.6 Å². The zero-order chi connectivity index (χ0) is 24.3. The summed E-state index contributed by atoms with van der Waals surface area (Å²) in [7, 11) is -3.81. The largest absolute Gasteiger partial charge is 0.352 e. The number of carbonyl (C=O) groups is 1. The smallest absolute Gasteiger partial charge is 0.272 e. The summed E-state index contributed by atoms with van der Waals surface area (Å²) in [5.41, 5.74) is 1.37. The van der Waals surface area contributed by atoms with Crippen LogP contribution in [-0.4, -0.2) is 55.0 Å². The maximum atomic E-state index is 13.6. The summed E-state index contributed by atoms with van der Waals surface area (Å²) in [6.07, 6.45) is 0. The van der Waals surface area contributed by atoms with E-state index in [2.05, 4.69) is 15.5 Å². The molecule has 178 valence electrons. The molecule has 11 heteroatoms. The molecule has 1 amide bonds. The fourth-order valence-electron chi connectivity index (χ4n) is 3.64. The third-order valence-corrected chi connectivity index (χ3v) is 7.62. The van der Waals surface area contributed by atoms with Crippen molar-refractivity contribution in [1.29, 1.82) is 0 Å². The number of hydrogen-bond donors (Lipinski definition) is 1. The monoisotopic (exact) mass is 487 g/mol. The fourth-order valence-corrected chi connectivity index (χ4v) is 5.30. The van der Waals surface area contributed by atoms with Gasteiger partial charge in [-0.15, -0.1) is 10.2 Å². The van der Waals surface area contributed by atoms with E-state index in [1.165, 1.54) is 28.6 Å². The first-order valence-electron chi connectivity index (χ1n) is 10.6. The van der Waals surface area contributed by atoms with E-state index in [1.54, 1.807) is 31.2 Å². The van der Waals surface area contributed by atoms with Gasteiger partial charge in [0.2, 0.25) is 10.0 Å². The molecule has 2 aromatic carbocycles. The first kappa shape index (κ1) is 23.7. The number of carbonyl (C=O) groups excluding carboxylic acids is 1. The first-order valence-corrected chi connectivity index (χ1v) is 12.1. The maximum absolute atomic E-state index is 13.6. The topological polar surface area (TPSA) is 95.5 Å². The van der Waals surface area contributed by atoms with Crippen molar-refractivity contribution in [2.24, 2.45) is 0 Å². The highest BCUT2D eigenvalue weighted by Crippen LogP contribution is 2.23. The Morgan fingerprint density at radius 1 is 0.941 bits per heavy atom. The highest BCUT2D eigenvalue weighted by atomic mass is 32.2. The summed E-state index contributed by atoms with van der Waals surface area (Å²) in [6, 6.07) is 12.7. The Morgan fingerprint density at radius 3 is 2.26 bits per heavy atom. The zero-order valence-corrected chi connectivity index (χ0v) is 19.2. The van der Waals surface area contributed by atoms with Crippen LogP contribution in [0.25, 0.3) is 0 Å². The molecule has 0 aliphatic carbocycles. The summed E-state index contributed by atoms with van der Waals surface area (Å²) in [5.74, 6) is -0.835. The minimum absolute atomic E-state index is 0.0308. The summed E-state index contributed by atoms with van der Waals surface area (Å²) < 4.78 is 53.8. The molecule has 0 atom stereocenters. The van der Waals surface area contributed by atoms with Gasteiger partial charge in [-0.1, -0.05) is 18.2 Å². The van der Waals surface area contributed by atoms with Crippen molar-refractivity contribution in [1.82, 2.24) is 19.8 Å². The quantitative estimate of drug-likeness (QED) is 0.574. The van der Waals surface area contributed by atoms with Gasteiger partial charge >= 0.3 is 0 Å². The van der Waals surface area contributed by atoms with Gasteiger partial charge < -0.3 is 10.2 Å². The van der Waals surface area contributed by atoms with E-state index in [0.29, 0.717) is 24.5 Å². The summed E-state index contributed by atoms with van der Waals surface area (Å²) >= 11 is 0. The van der Waals surface area contributed by atoms with Crippen LogP contribution in [0.3, 0.4) is 0 Å². The third-order valence-electron chi connectivity index (χ3n) is 5.58. The van der Waals surface area contributed by atoms with Crippen molar-refractivity contribution in [3.8, 4) is 0 Å². The van der Waals surface area contributed by atoms with E-state index in [0.717, 1.165) is 11.6 Å². The van der Waals surface area contributed by atoms with Crippen molar-refractivity contribution in [2.75, 3.05) is 31.1 Å². The SMILES string of the molecule is Cc1ccc(F)cc1S(=O)(=O)N1CCN(c2ccc(C(=O)NCc3ccc(F)cc3)nn2)CC1. The Morgan fingerprint density at radius 2 is 1.62 bits per heavy atom. The highest BCUT2D eigenvalue weighted by molar-refractivity contribution is 7.89. The van der Waals surface area contributed by atoms with Crippen LogP contribution in [0.15, 0.2) is 59.5 Å². The van der Waals surface area contributed by atoms with Gasteiger partial charge in [0.1, 0.15) is 11.6 Å². The average Bonchev–Trinajstić information content (AvgIpc) is 2.85. The number of aryl methyl sites for hydroxylation is 1. The molecule has 1 N–H and O–H groups in total. The number of amides is 1. The molecule has 1 aliphatic heterocycles. The number of anilines is 1. The standard InChI is InChI=1S/C23H23F2N5O3S/c1-16-2-5-19(25)14-21(16)34(32,33)30-12-10-29(11-13-30)22-9-8-20(27-28-22)23(31)26-15-17-3-6-18(24)7-4-17/h2-9,14H,10-13,15H2,1H3,(H,26,31). The second-order valence-corrected chi connectivity index (χ2v) is 9.79. The average molecular weight is 488 g/mol. The van der Waals surface area contributed by atoms with E-state index in [4.69, 9.17) is 0 Å². The highest BCUT2D eigenvalue weighted by Gasteiger charge is 2.30. The van der Waals surface area contributed by atoms with E-state index in [1.807, 2.05) is 4.90 Å². The van der Waals surface area contributed by atoms with Gasteiger partial charge in [0.15, 0.2) is 11.5 Å². The molecule has 0 saturated carbocycles. The van der Waals surface area contributed by atoms with Crippen molar-refractivity contribution >= 4 is 21.7 Å².